The molecule has 0 radical (unpaired) electrons. The van der Waals surface area contributed by atoms with Gasteiger partial charge in [0.1, 0.15) is 41.3 Å². The van der Waals surface area contributed by atoms with Crippen LogP contribution in [0.1, 0.15) is 0 Å². The highest BCUT2D eigenvalue weighted by Crippen LogP contribution is 2.32. The Hall–Kier alpha value is -1.92. The summed E-state index contributed by atoms with van der Waals surface area (Å²) in [6.07, 6.45) is -1.50. The van der Waals surface area contributed by atoms with Crippen molar-refractivity contribution in [3.05, 3.63) is 18.2 Å². The van der Waals surface area contributed by atoms with Crippen LogP contribution in [0.15, 0.2) is 23.1 Å². The van der Waals surface area contributed by atoms with E-state index in [1.165, 1.54) is 26.4 Å². The summed E-state index contributed by atoms with van der Waals surface area (Å²) < 4.78 is 55.2. The molecule has 0 aromatic heterocycles. The SMILES string of the molecule is COc1ccc(OC)c(S(=O)(=O)NC2COC3C(OCC(N)=O)COC23)c1. The number of hydrogen-bond acceptors (Lipinski definition) is 8. The molecule has 4 atom stereocenters. The summed E-state index contributed by atoms with van der Waals surface area (Å²) in [7, 11) is -1.10. The molecule has 2 saturated heterocycles. The molecule has 2 aliphatic rings. The number of carbonyl (C=O) groups is 1. The van der Waals surface area contributed by atoms with Gasteiger partial charge in [0, 0.05) is 6.07 Å². The highest BCUT2D eigenvalue weighted by Gasteiger charge is 2.49. The summed E-state index contributed by atoms with van der Waals surface area (Å²) in [4.78, 5) is 10.8. The average molecular weight is 402 g/mol. The normalized spacial score (nSPS) is 27.3. The van der Waals surface area contributed by atoms with E-state index in [-0.39, 0.29) is 30.5 Å². The van der Waals surface area contributed by atoms with Crippen molar-refractivity contribution in [2.45, 2.75) is 29.2 Å². The number of benzene rings is 1. The number of fused-ring (bicyclic) bond motifs is 1. The van der Waals surface area contributed by atoms with Crippen molar-refractivity contribution in [1.29, 1.82) is 0 Å². The highest BCUT2D eigenvalue weighted by molar-refractivity contribution is 7.89. The fraction of sp³-hybridized carbons (Fsp3) is 0.562. The van der Waals surface area contributed by atoms with Crippen LogP contribution in [0.3, 0.4) is 0 Å². The Morgan fingerprint density at radius 2 is 1.96 bits per heavy atom. The molecular formula is C16H22N2O8S. The Morgan fingerprint density at radius 1 is 1.22 bits per heavy atom. The van der Waals surface area contributed by atoms with Crippen molar-refractivity contribution >= 4 is 15.9 Å². The fourth-order valence-corrected chi connectivity index (χ4v) is 4.57. The number of rotatable bonds is 8. The minimum absolute atomic E-state index is 0.0488. The zero-order valence-corrected chi connectivity index (χ0v) is 15.7. The predicted molar refractivity (Wildman–Crippen MR) is 92.1 cm³/mol. The van der Waals surface area contributed by atoms with E-state index in [1.54, 1.807) is 6.07 Å². The Morgan fingerprint density at radius 3 is 2.63 bits per heavy atom. The molecule has 27 heavy (non-hydrogen) atoms. The van der Waals surface area contributed by atoms with E-state index in [0.29, 0.717) is 5.75 Å². The molecule has 1 aromatic carbocycles. The molecule has 4 unspecified atom stereocenters. The number of amides is 1. The Bertz CT molecular complexity index is 800. The third-order valence-electron chi connectivity index (χ3n) is 4.41. The summed E-state index contributed by atoms with van der Waals surface area (Å²) in [5, 5.41) is 0. The van der Waals surface area contributed by atoms with Crippen LogP contribution in [0.2, 0.25) is 0 Å². The molecule has 0 aliphatic carbocycles. The van der Waals surface area contributed by atoms with Gasteiger partial charge in [0.2, 0.25) is 15.9 Å². The second kappa shape index (κ2) is 7.98. The molecule has 2 aliphatic heterocycles. The van der Waals surface area contributed by atoms with E-state index in [0.717, 1.165) is 0 Å². The molecule has 1 amide bonds. The molecule has 150 valence electrons. The van der Waals surface area contributed by atoms with Crippen LogP contribution < -0.4 is 19.9 Å². The molecule has 0 bridgehead atoms. The smallest absolute Gasteiger partial charge is 0.244 e. The van der Waals surface area contributed by atoms with E-state index in [1.807, 2.05) is 0 Å². The lowest BCUT2D eigenvalue weighted by molar-refractivity contribution is -0.126. The maximum Gasteiger partial charge on any atom is 0.244 e. The fourth-order valence-electron chi connectivity index (χ4n) is 3.15. The lowest BCUT2D eigenvalue weighted by atomic mass is 10.1. The molecule has 0 spiro atoms. The third kappa shape index (κ3) is 4.17. The van der Waals surface area contributed by atoms with E-state index in [4.69, 9.17) is 29.4 Å². The molecular weight excluding hydrogens is 380 g/mol. The van der Waals surface area contributed by atoms with Crippen molar-refractivity contribution in [2.24, 2.45) is 5.73 Å². The molecule has 3 N–H and O–H groups in total. The third-order valence-corrected chi connectivity index (χ3v) is 5.93. The van der Waals surface area contributed by atoms with Gasteiger partial charge in [0.15, 0.2) is 0 Å². The Balaban J connectivity index is 1.73. The second-order valence-electron chi connectivity index (χ2n) is 6.16. The van der Waals surface area contributed by atoms with Crippen molar-refractivity contribution in [2.75, 3.05) is 34.0 Å². The monoisotopic (exact) mass is 402 g/mol. The van der Waals surface area contributed by atoms with Crippen molar-refractivity contribution in [3.63, 3.8) is 0 Å². The number of ether oxygens (including phenoxy) is 5. The first kappa shape index (κ1) is 19.8. The molecule has 10 nitrogen and oxygen atoms in total. The molecule has 2 fully saturated rings. The number of sulfonamides is 1. The lowest BCUT2D eigenvalue weighted by Gasteiger charge is -2.19. The summed E-state index contributed by atoms with van der Waals surface area (Å²) in [5.41, 5.74) is 5.07. The van der Waals surface area contributed by atoms with Crippen molar-refractivity contribution < 1.29 is 36.9 Å². The van der Waals surface area contributed by atoms with Crippen molar-refractivity contribution in [1.82, 2.24) is 4.72 Å². The topological polar surface area (TPSA) is 135 Å². The van der Waals surface area contributed by atoms with Gasteiger partial charge in [-0.25, -0.2) is 13.1 Å². The van der Waals surface area contributed by atoms with Gasteiger partial charge >= 0.3 is 0 Å². The van der Waals surface area contributed by atoms with E-state index in [9.17, 15) is 13.2 Å². The summed E-state index contributed by atoms with van der Waals surface area (Å²) in [5.74, 6) is -0.0265. The van der Waals surface area contributed by atoms with Gasteiger partial charge in [-0.05, 0) is 12.1 Å². The van der Waals surface area contributed by atoms with Gasteiger partial charge in [0.05, 0.1) is 33.5 Å². The van der Waals surface area contributed by atoms with Gasteiger partial charge in [-0.3, -0.25) is 4.79 Å². The van der Waals surface area contributed by atoms with Crippen LogP contribution in [-0.2, 0) is 29.0 Å². The number of methoxy groups -OCH3 is 2. The van der Waals surface area contributed by atoms with Gasteiger partial charge in [-0.2, -0.15) is 0 Å². The first-order chi connectivity index (χ1) is 12.9. The number of primary amides is 1. The molecule has 11 heteroatoms. The maximum absolute atomic E-state index is 12.9. The molecule has 1 aromatic rings. The minimum Gasteiger partial charge on any atom is -0.497 e. The number of nitrogens with two attached hydrogens (primary N) is 1. The second-order valence-corrected chi connectivity index (χ2v) is 7.84. The molecule has 3 rings (SSSR count). The van der Waals surface area contributed by atoms with Gasteiger partial charge in [-0.1, -0.05) is 0 Å². The summed E-state index contributed by atoms with van der Waals surface area (Å²) in [6, 6.07) is 3.88. The van der Waals surface area contributed by atoms with Crippen LogP contribution in [-0.4, -0.2) is 72.7 Å². The zero-order chi connectivity index (χ0) is 19.6. The molecule has 2 heterocycles. The number of nitrogens with one attached hydrogen (secondary N) is 1. The first-order valence-electron chi connectivity index (χ1n) is 8.23. The van der Waals surface area contributed by atoms with Gasteiger partial charge < -0.3 is 29.4 Å². The summed E-state index contributed by atoms with van der Waals surface area (Å²) >= 11 is 0. The van der Waals surface area contributed by atoms with E-state index in [2.05, 4.69) is 4.72 Å². The largest absolute Gasteiger partial charge is 0.497 e. The number of carbonyl (C=O) groups excluding carboxylic acids is 1. The van der Waals surface area contributed by atoms with Gasteiger partial charge in [-0.15, -0.1) is 0 Å². The van der Waals surface area contributed by atoms with E-state index >= 15 is 0 Å². The van der Waals surface area contributed by atoms with E-state index < -0.39 is 40.3 Å². The minimum atomic E-state index is -3.93. The van der Waals surface area contributed by atoms with Crippen LogP contribution in [0, 0.1) is 0 Å². The number of hydrogen-bond donors (Lipinski definition) is 2. The van der Waals surface area contributed by atoms with Crippen molar-refractivity contribution in [3.8, 4) is 11.5 Å². The Kier molecular flexibility index (Phi) is 5.86. The standard InChI is InChI=1S/C16H22N2O8S/c1-22-9-3-4-11(23-2)13(5-9)27(20,21)18-10-6-25-16-12(7-26-15(10)16)24-8-14(17)19/h3-5,10,12,15-16,18H,6-8H2,1-2H3,(H2,17,19). The lowest BCUT2D eigenvalue weighted by Crippen LogP contribution is -2.44. The van der Waals surface area contributed by atoms with Crippen LogP contribution in [0.4, 0.5) is 0 Å². The predicted octanol–water partition coefficient (Wildman–Crippen LogP) is -0.981. The molecule has 0 saturated carbocycles. The highest BCUT2D eigenvalue weighted by atomic mass is 32.2. The maximum atomic E-state index is 12.9. The van der Waals surface area contributed by atoms with Gasteiger partial charge in [0.25, 0.3) is 0 Å². The Labute approximate surface area is 156 Å². The van der Waals surface area contributed by atoms with Crippen LogP contribution in [0.25, 0.3) is 0 Å². The summed E-state index contributed by atoms with van der Waals surface area (Å²) in [6.45, 7) is 0.0403. The van der Waals surface area contributed by atoms with Crippen LogP contribution in [0.5, 0.6) is 11.5 Å². The quantitative estimate of drug-likeness (QED) is 0.566. The average Bonchev–Trinajstić information content (AvgIpc) is 3.22. The zero-order valence-electron chi connectivity index (χ0n) is 14.9. The van der Waals surface area contributed by atoms with Crippen LogP contribution >= 0.6 is 0 Å². The first-order valence-corrected chi connectivity index (χ1v) is 9.71.